The Kier molecular flexibility index (Phi) is 7.24. The summed E-state index contributed by atoms with van der Waals surface area (Å²) in [5.74, 6) is -0.140. The number of alkyl carbamates (subject to hydrolysis) is 1. The fraction of sp³-hybridized carbons (Fsp3) is 0.393. The Morgan fingerprint density at radius 2 is 1.69 bits per heavy atom. The van der Waals surface area contributed by atoms with E-state index in [0.717, 1.165) is 16.5 Å². The minimum absolute atomic E-state index is 0.104. The summed E-state index contributed by atoms with van der Waals surface area (Å²) < 4.78 is 5.44. The number of H-pyrrole nitrogens is 1. The molecule has 2 aromatic carbocycles. The number of hydrogen-bond donors (Lipinski definition) is 2. The van der Waals surface area contributed by atoms with E-state index in [0.29, 0.717) is 37.9 Å². The summed E-state index contributed by atoms with van der Waals surface area (Å²) in [6.07, 6.45) is 2.80. The number of Topliss-reactive ketones (excluding diaryl/α,β-unsaturated/α-hetero) is 1. The highest BCUT2D eigenvalue weighted by Crippen LogP contribution is 2.24. The summed E-state index contributed by atoms with van der Waals surface area (Å²) in [7, 11) is 0. The Morgan fingerprint density at radius 3 is 2.37 bits per heavy atom. The molecule has 35 heavy (non-hydrogen) atoms. The lowest BCUT2D eigenvalue weighted by molar-refractivity contribution is -0.134. The molecule has 184 valence electrons. The number of piperidine rings is 1. The number of carbonyl (C=O) groups excluding carboxylic acids is 3. The van der Waals surface area contributed by atoms with Crippen LogP contribution in [0.2, 0.25) is 0 Å². The summed E-state index contributed by atoms with van der Waals surface area (Å²) in [6, 6.07) is 16.4. The monoisotopic (exact) mass is 475 g/mol. The lowest BCUT2D eigenvalue weighted by atomic mass is 9.88. The van der Waals surface area contributed by atoms with Crippen LogP contribution in [0.5, 0.6) is 0 Å². The molecule has 0 radical (unpaired) electrons. The molecule has 0 spiro atoms. The van der Waals surface area contributed by atoms with Crippen LogP contribution in [0.15, 0.2) is 60.8 Å². The Morgan fingerprint density at radius 1 is 1.03 bits per heavy atom. The third kappa shape index (κ3) is 6.10. The second-order valence-electron chi connectivity index (χ2n) is 10.1. The molecule has 0 unspecified atom stereocenters. The number of likely N-dealkylation sites (tertiary alicyclic amines) is 1. The van der Waals surface area contributed by atoms with Crippen molar-refractivity contribution in [2.24, 2.45) is 5.92 Å². The first kappa shape index (κ1) is 24.5. The van der Waals surface area contributed by atoms with Crippen LogP contribution < -0.4 is 5.32 Å². The molecule has 1 saturated heterocycles. The molecular weight excluding hydrogens is 442 g/mol. The first-order valence-electron chi connectivity index (χ1n) is 12.1. The number of carbonyl (C=O) groups is 3. The van der Waals surface area contributed by atoms with Crippen molar-refractivity contribution in [1.29, 1.82) is 0 Å². The molecule has 1 aromatic heterocycles. The molecular formula is C28H33N3O4. The van der Waals surface area contributed by atoms with E-state index in [2.05, 4.69) is 10.3 Å². The number of ketones is 1. The van der Waals surface area contributed by atoms with Gasteiger partial charge in [-0.05, 0) is 45.2 Å². The van der Waals surface area contributed by atoms with Gasteiger partial charge in [0.1, 0.15) is 11.6 Å². The topological polar surface area (TPSA) is 91.5 Å². The quantitative estimate of drug-likeness (QED) is 0.505. The number of fused-ring (bicyclic) bond motifs is 1. The normalized spacial score (nSPS) is 15.6. The Balaban J connectivity index is 1.47. The standard InChI is InChI=1S/C28H33N3O4/c1-28(2,3)35-27(34)30-24(17-21-18-29-23-12-8-7-11-22(21)23)26(33)31-15-13-20(14-16-31)25(32)19-9-5-4-6-10-19/h4-12,18,20,24,29H,13-17H2,1-3H3,(H,30,34)/t24-/m0/s1. The number of rotatable bonds is 6. The molecule has 1 aliphatic heterocycles. The molecule has 0 bridgehead atoms. The van der Waals surface area contributed by atoms with Crippen molar-refractivity contribution in [3.05, 3.63) is 71.9 Å². The average Bonchev–Trinajstić information content (AvgIpc) is 3.25. The number of nitrogens with one attached hydrogen (secondary N) is 2. The van der Waals surface area contributed by atoms with Crippen LogP contribution in [-0.2, 0) is 16.0 Å². The summed E-state index contributed by atoms with van der Waals surface area (Å²) in [4.78, 5) is 44.0. The van der Waals surface area contributed by atoms with Crippen molar-refractivity contribution in [1.82, 2.24) is 15.2 Å². The number of aromatic amines is 1. The van der Waals surface area contributed by atoms with E-state index in [1.807, 2.05) is 60.8 Å². The van der Waals surface area contributed by atoms with Gasteiger partial charge < -0.3 is 19.9 Å². The smallest absolute Gasteiger partial charge is 0.408 e. The van der Waals surface area contributed by atoms with Gasteiger partial charge in [-0.2, -0.15) is 0 Å². The highest BCUT2D eigenvalue weighted by Gasteiger charge is 2.33. The van der Waals surface area contributed by atoms with Crippen molar-refractivity contribution < 1.29 is 19.1 Å². The zero-order chi connectivity index (χ0) is 25.0. The molecule has 1 atom stereocenters. The van der Waals surface area contributed by atoms with E-state index < -0.39 is 17.7 Å². The van der Waals surface area contributed by atoms with E-state index in [4.69, 9.17) is 4.74 Å². The predicted octanol–water partition coefficient (Wildman–Crippen LogP) is 4.73. The SMILES string of the molecule is CC(C)(C)OC(=O)N[C@@H](Cc1c[nH]c2ccccc12)C(=O)N1CCC(C(=O)c2ccccc2)CC1. The number of ether oxygens (including phenoxy) is 1. The van der Waals surface area contributed by atoms with Crippen LogP contribution in [0, 0.1) is 5.92 Å². The summed E-state index contributed by atoms with van der Waals surface area (Å²) >= 11 is 0. The predicted molar refractivity (Wildman–Crippen MR) is 135 cm³/mol. The van der Waals surface area contributed by atoms with Gasteiger partial charge in [-0.1, -0.05) is 48.5 Å². The van der Waals surface area contributed by atoms with Gasteiger partial charge in [0.25, 0.3) is 0 Å². The molecule has 4 rings (SSSR count). The number of hydrogen-bond acceptors (Lipinski definition) is 4. The summed E-state index contributed by atoms with van der Waals surface area (Å²) in [5.41, 5.74) is 1.96. The van der Waals surface area contributed by atoms with Gasteiger partial charge in [0.05, 0.1) is 0 Å². The van der Waals surface area contributed by atoms with Crippen LogP contribution in [0.3, 0.4) is 0 Å². The van der Waals surface area contributed by atoms with Crippen LogP contribution in [0.25, 0.3) is 10.9 Å². The maximum atomic E-state index is 13.6. The molecule has 2 heterocycles. The van der Waals surface area contributed by atoms with Crippen molar-refractivity contribution in [2.75, 3.05) is 13.1 Å². The fourth-order valence-corrected chi connectivity index (χ4v) is 4.59. The highest BCUT2D eigenvalue weighted by atomic mass is 16.6. The molecule has 0 saturated carbocycles. The molecule has 1 aliphatic rings. The zero-order valence-corrected chi connectivity index (χ0v) is 20.5. The second kappa shape index (κ2) is 10.3. The summed E-state index contributed by atoms with van der Waals surface area (Å²) in [6.45, 7) is 6.32. The van der Waals surface area contributed by atoms with Crippen LogP contribution in [-0.4, -0.2) is 52.4 Å². The van der Waals surface area contributed by atoms with E-state index in [1.165, 1.54) is 0 Å². The molecule has 7 heteroatoms. The molecule has 2 amide bonds. The van der Waals surface area contributed by atoms with Crippen molar-refractivity contribution in [2.45, 2.75) is 51.7 Å². The first-order valence-corrected chi connectivity index (χ1v) is 12.1. The van der Waals surface area contributed by atoms with Gasteiger partial charge in [-0.25, -0.2) is 4.79 Å². The largest absolute Gasteiger partial charge is 0.444 e. The minimum Gasteiger partial charge on any atom is -0.444 e. The van der Waals surface area contributed by atoms with Crippen molar-refractivity contribution >= 4 is 28.7 Å². The van der Waals surface area contributed by atoms with Crippen molar-refractivity contribution in [3.63, 3.8) is 0 Å². The molecule has 2 N–H and O–H groups in total. The third-order valence-electron chi connectivity index (χ3n) is 6.32. The maximum absolute atomic E-state index is 13.6. The Bertz CT molecular complexity index is 1190. The van der Waals surface area contributed by atoms with E-state index in [-0.39, 0.29) is 17.6 Å². The number of para-hydroxylation sites is 1. The van der Waals surface area contributed by atoms with Crippen LogP contribution in [0.1, 0.15) is 49.5 Å². The maximum Gasteiger partial charge on any atom is 0.408 e. The van der Waals surface area contributed by atoms with E-state index in [1.54, 1.807) is 25.7 Å². The van der Waals surface area contributed by atoms with Crippen LogP contribution in [0.4, 0.5) is 4.79 Å². The Hall–Kier alpha value is -3.61. The van der Waals surface area contributed by atoms with Crippen LogP contribution >= 0.6 is 0 Å². The average molecular weight is 476 g/mol. The fourth-order valence-electron chi connectivity index (χ4n) is 4.59. The number of nitrogens with zero attached hydrogens (tertiary/aromatic N) is 1. The lowest BCUT2D eigenvalue weighted by Crippen LogP contribution is -2.52. The number of benzene rings is 2. The van der Waals surface area contributed by atoms with Gasteiger partial charge in [0.2, 0.25) is 5.91 Å². The lowest BCUT2D eigenvalue weighted by Gasteiger charge is -2.34. The Labute approximate surface area is 205 Å². The second-order valence-corrected chi connectivity index (χ2v) is 10.1. The number of amides is 2. The van der Waals surface area contributed by atoms with Gasteiger partial charge in [-0.15, -0.1) is 0 Å². The zero-order valence-electron chi connectivity index (χ0n) is 20.5. The molecule has 7 nitrogen and oxygen atoms in total. The van der Waals surface area contributed by atoms with Gasteiger partial charge in [-0.3, -0.25) is 9.59 Å². The first-order chi connectivity index (χ1) is 16.7. The van der Waals surface area contributed by atoms with Crippen molar-refractivity contribution in [3.8, 4) is 0 Å². The highest BCUT2D eigenvalue weighted by molar-refractivity contribution is 5.98. The molecule has 3 aromatic rings. The molecule has 0 aliphatic carbocycles. The van der Waals surface area contributed by atoms with E-state index >= 15 is 0 Å². The summed E-state index contributed by atoms with van der Waals surface area (Å²) in [5, 5.41) is 3.82. The third-order valence-corrected chi connectivity index (χ3v) is 6.32. The number of aromatic nitrogens is 1. The minimum atomic E-state index is -0.773. The van der Waals surface area contributed by atoms with E-state index in [9.17, 15) is 14.4 Å². The van der Waals surface area contributed by atoms with Gasteiger partial charge >= 0.3 is 6.09 Å². The molecule has 1 fully saturated rings. The van der Waals surface area contributed by atoms with Gasteiger partial charge in [0.15, 0.2) is 5.78 Å². The van der Waals surface area contributed by atoms with Gasteiger partial charge in [0, 0.05) is 48.1 Å².